The van der Waals surface area contributed by atoms with Crippen molar-refractivity contribution in [3.05, 3.63) is 36.3 Å². The lowest BCUT2D eigenvalue weighted by molar-refractivity contribution is -0.173. The third-order valence-corrected chi connectivity index (χ3v) is 6.78. The fraction of sp³-hybridized carbons (Fsp3) is 0.560. The monoisotopic (exact) mass is 438 g/mol. The standard InChI is InChI=1S/C25H34N4O3/c1-16(2)21-10-11-26-24-22(17(21)3)27-15-28-23(24)19-6-8-20(9-7-19)32-12-4-5-18-13-25(30,31)29-14-18/h6-9,11,15-18,21,29-31H,4-5,10,12-14H2,1-3H3. The van der Waals surface area contributed by atoms with E-state index in [4.69, 9.17) is 9.73 Å². The van der Waals surface area contributed by atoms with Crippen LogP contribution in [0.15, 0.2) is 35.6 Å². The first-order chi connectivity index (χ1) is 15.3. The Balaban J connectivity index is 1.39. The van der Waals surface area contributed by atoms with Gasteiger partial charge in [0.15, 0.2) is 0 Å². The molecule has 0 bridgehead atoms. The van der Waals surface area contributed by atoms with Gasteiger partial charge in [0.1, 0.15) is 17.8 Å². The lowest BCUT2D eigenvalue weighted by atomic mass is 9.80. The first-order valence-corrected chi connectivity index (χ1v) is 11.6. The molecule has 2 aliphatic heterocycles. The molecule has 0 radical (unpaired) electrons. The topological polar surface area (TPSA) is 99.9 Å². The number of aliphatic imine (C=N–C) groups is 1. The number of aliphatic hydroxyl groups is 2. The molecule has 0 saturated carbocycles. The Hall–Kier alpha value is -2.35. The number of ether oxygens (including phenoxy) is 1. The van der Waals surface area contributed by atoms with Crippen LogP contribution in [0.1, 0.15) is 58.1 Å². The number of benzene rings is 1. The molecule has 7 heteroatoms. The summed E-state index contributed by atoms with van der Waals surface area (Å²) in [5, 5.41) is 21.8. The largest absolute Gasteiger partial charge is 0.494 e. The summed E-state index contributed by atoms with van der Waals surface area (Å²) >= 11 is 0. The van der Waals surface area contributed by atoms with Gasteiger partial charge in [-0.3, -0.25) is 10.3 Å². The van der Waals surface area contributed by atoms with Gasteiger partial charge in [0.2, 0.25) is 5.91 Å². The molecule has 0 aliphatic carbocycles. The van der Waals surface area contributed by atoms with Gasteiger partial charge in [0.05, 0.1) is 18.0 Å². The number of rotatable bonds is 7. The van der Waals surface area contributed by atoms with Crippen molar-refractivity contribution in [3.63, 3.8) is 0 Å². The highest BCUT2D eigenvalue weighted by Crippen LogP contribution is 2.41. The number of hydrogen-bond acceptors (Lipinski definition) is 7. The van der Waals surface area contributed by atoms with Crippen molar-refractivity contribution in [2.75, 3.05) is 13.2 Å². The molecule has 3 unspecified atom stereocenters. The minimum atomic E-state index is -1.71. The van der Waals surface area contributed by atoms with E-state index in [1.54, 1.807) is 6.33 Å². The lowest BCUT2D eigenvalue weighted by Gasteiger charge is -2.25. The number of nitrogens with zero attached hydrogens (tertiary/aromatic N) is 3. The van der Waals surface area contributed by atoms with Crippen LogP contribution in [0, 0.1) is 17.8 Å². The minimum Gasteiger partial charge on any atom is -0.494 e. The van der Waals surface area contributed by atoms with Gasteiger partial charge in [-0.1, -0.05) is 20.8 Å². The van der Waals surface area contributed by atoms with E-state index in [1.165, 1.54) is 0 Å². The predicted molar refractivity (Wildman–Crippen MR) is 125 cm³/mol. The lowest BCUT2D eigenvalue weighted by Crippen LogP contribution is -2.38. The highest BCUT2D eigenvalue weighted by atomic mass is 16.5. The molecular formula is C25H34N4O3. The molecular weight excluding hydrogens is 404 g/mol. The van der Waals surface area contributed by atoms with Crippen LogP contribution in [-0.2, 0) is 0 Å². The Morgan fingerprint density at radius 1 is 1.19 bits per heavy atom. The quantitative estimate of drug-likeness (QED) is 0.446. The first-order valence-electron chi connectivity index (χ1n) is 11.6. The third-order valence-electron chi connectivity index (χ3n) is 6.78. The summed E-state index contributed by atoms with van der Waals surface area (Å²) in [6, 6.07) is 7.98. The van der Waals surface area contributed by atoms with Gasteiger partial charge >= 0.3 is 0 Å². The third kappa shape index (κ3) is 5.17. The van der Waals surface area contributed by atoms with Crippen LogP contribution in [-0.4, -0.2) is 45.5 Å². The van der Waals surface area contributed by atoms with Crippen LogP contribution in [0.2, 0.25) is 0 Å². The fourth-order valence-electron chi connectivity index (χ4n) is 4.92. The molecule has 1 aromatic carbocycles. The molecule has 2 aliphatic rings. The fourth-order valence-corrected chi connectivity index (χ4v) is 4.92. The molecule has 0 amide bonds. The maximum atomic E-state index is 9.56. The van der Waals surface area contributed by atoms with E-state index >= 15 is 0 Å². The Morgan fingerprint density at radius 2 is 1.97 bits per heavy atom. The molecule has 3 heterocycles. The zero-order valence-corrected chi connectivity index (χ0v) is 19.2. The molecule has 1 fully saturated rings. The second-order valence-electron chi connectivity index (χ2n) is 9.48. The normalized spacial score (nSPS) is 24.4. The number of fused-ring (bicyclic) bond motifs is 1. The van der Waals surface area contributed by atoms with Gasteiger partial charge in [-0.15, -0.1) is 0 Å². The van der Waals surface area contributed by atoms with Crippen LogP contribution in [0.3, 0.4) is 0 Å². The van der Waals surface area contributed by atoms with Gasteiger partial charge in [-0.05, 0) is 61.3 Å². The van der Waals surface area contributed by atoms with Crippen LogP contribution >= 0.6 is 0 Å². The molecule has 32 heavy (non-hydrogen) atoms. The van der Waals surface area contributed by atoms with E-state index in [0.717, 1.165) is 47.7 Å². The highest BCUT2D eigenvalue weighted by Gasteiger charge is 2.34. The second-order valence-corrected chi connectivity index (χ2v) is 9.48. The first kappa shape index (κ1) is 22.8. The molecule has 2 aromatic rings. The van der Waals surface area contributed by atoms with Crippen LogP contribution in [0.25, 0.3) is 11.3 Å². The summed E-state index contributed by atoms with van der Waals surface area (Å²) in [4.78, 5) is 13.9. The van der Waals surface area contributed by atoms with E-state index in [1.807, 2.05) is 30.5 Å². The summed E-state index contributed by atoms with van der Waals surface area (Å²) in [6.07, 6.45) is 6.76. The van der Waals surface area contributed by atoms with E-state index in [0.29, 0.717) is 37.3 Å². The zero-order valence-electron chi connectivity index (χ0n) is 19.2. The SMILES string of the molecule is CC(C)C1CC=Nc2c(-c3ccc(OCCCC4CNC(O)(O)C4)cc3)ncnc2C1C. The molecule has 0 spiro atoms. The Bertz CT molecular complexity index is 943. The van der Waals surface area contributed by atoms with Gasteiger partial charge in [-0.2, -0.15) is 0 Å². The highest BCUT2D eigenvalue weighted by molar-refractivity contribution is 5.78. The van der Waals surface area contributed by atoms with Crippen molar-refractivity contribution in [1.82, 2.24) is 15.3 Å². The Labute approximate surface area is 190 Å². The molecule has 3 N–H and O–H groups in total. The second kappa shape index (κ2) is 9.65. The minimum absolute atomic E-state index is 0.266. The van der Waals surface area contributed by atoms with E-state index in [-0.39, 0.29) is 5.92 Å². The molecule has 172 valence electrons. The zero-order chi connectivity index (χ0) is 22.7. The predicted octanol–water partition coefficient (Wildman–Crippen LogP) is 4.03. The van der Waals surface area contributed by atoms with Gasteiger partial charge < -0.3 is 14.9 Å². The maximum absolute atomic E-state index is 9.56. The Kier molecular flexibility index (Phi) is 6.88. The van der Waals surface area contributed by atoms with Crippen LogP contribution in [0.5, 0.6) is 5.75 Å². The van der Waals surface area contributed by atoms with Crippen molar-refractivity contribution in [2.45, 2.75) is 58.3 Å². The van der Waals surface area contributed by atoms with E-state index in [9.17, 15) is 10.2 Å². The van der Waals surface area contributed by atoms with Gasteiger partial charge in [0.25, 0.3) is 0 Å². The average molecular weight is 439 g/mol. The number of aromatic nitrogens is 2. The van der Waals surface area contributed by atoms with Gasteiger partial charge in [-0.25, -0.2) is 9.97 Å². The molecule has 1 saturated heterocycles. The maximum Gasteiger partial charge on any atom is 0.222 e. The van der Waals surface area contributed by atoms with Crippen LogP contribution < -0.4 is 10.1 Å². The van der Waals surface area contributed by atoms with Crippen LogP contribution in [0.4, 0.5) is 5.69 Å². The van der Waals surface area contributed by atoms with Gasteiger partial charge in [0, 0.05) is 30.7 Å². The molecule has 1 aromatic heterocycles. The van der Waals surface area contributed by atoms with Crippen molar-refractivity contribution in [2.24, 2.45) is 22.7 Å². The number of hydrogen-bond donors (Lipinski definition) is 3. The van der Waals surface area contributed by atoms with Crippen molar-refractivity contribution in [3.8, 4) is 17.0 Å². The average Bonchev–Trinajstić information content (AvgIpc) is 3.02. The number of nitrogens with one attached hydrogen (secondary N) is 1. The van der Waals surface area contributed by atoms with E-state index < -0.39 is 5.91 Å². The summed E-state index contributed by atoms with van der Waals surface area (Å²) in [7, 11) is 0. The molecule has 3 atom stereocenters. The summed E-state index contributed by atoms with van der Waals surface area (Å²) in [5.41, 5.74) is 3.77. The summed E-state index contributed by atoms with van der Waals surface area (Å²) in [5.74, 6) is 0.782. The summed E-state index contributed by atoms with van der Waals surface area (Å²) in [6.45, 7) is 8.00. The molecule has 4 rings (SSSR count). The van der Waals surface area contributed by atoms with E-state index in [2.05, 4.69) is 36.1 Å². The Morgan fingerprint density at radius 3 is 2.66 bits per heavy atom. The smallest absolute Gasteiger partial charge is 0.222 e. The van der Waals surface area contributed by atoms with Crippen molar-refractivity contribution >= 4 is 11.9 Å². The molecule has 7 nitrogen and oxygen atoms in total. The van der Waals surface area contributed by atoms with Crippen molar-refractivity contribution in [1.29, 1.82) is 0 Å². The summed E-state index contributed by atoms with van der Waals surface area (Å²) < 4.78 is 5.89. The van der Waals surface area contributed by atoms with Crippen molar-refractivity contribution < 1.29 is 14.9 Å².